The quantitative estimate of drug-likeness (QED) is 0.757. The minimum atomic E-state index is -3.85. The van der Waals surface area contributed by atoms with Crippen molar-refractivity contribution in [3.05, 3.63) is 60.7 Å². The normalized spacial score (nSPS) is 13.7. The van der Waals surface area contributed by atoms with Gasteiger partial charge in [-0.2, -0.15) is 0 Å². The Bertz CT molecular complexity index is 1090. The maximum atomic E-state index is 12.9. The van der Waals surface area contributed by atoms with Crippen molar-refractivity contribution in [3.63, 3.8) is 0 Å². The van der Waals surface area contributed by atoms with Gasteiger partial charge in [-0.05, 0) is 23.6 Å². The minimum absolute atomic E-state index is 0.0907. The lowest BCUT2D eigenvalue weighted by atomic mass is 10.1. The average molecular weight is 354 g/mol. The Morgan fingerprint density at radius 2 is 1.72 bits per heavy atom. The van der Waals surface area contributed by atoms with Crippen molar-refractivity contribution < 1.29 is 17.9 Å². The molecule has 1 aliphatic rings. The van der Waals surface area contributed by atoms with Gasteiger partial charge < -0.3 is 10.1 Å². The molecule has 0 aliphatic carbocycles. The molecule has 6 nitrogen and oxygen atoms in total. The highest BCUT2D eigenvalue weighted by molar-refractivity contribution is 7.93. The number of hydrogen-bond acceptors (Lipinski definition) is 4. The van der Waals surface area contributed by atoms with E-state index in [-0.39, 0.29) is 23.1 Å². The zero-order valence-corrected chi connectivity index (χ0v) is 13.8. The Morgan fingerprint density at radius 1 is 0.960 bits per heavy atom. The van der Waals surface area contributed by atoms with Crippen molar-refractivity contribution in [1.82, 2.24) is 0 Å². The molecule has 0 unspecified atom stereocenters. The van der Waals surface area contributed by atoms with Crippen molar-refractivity contribution >= 4 is 38.1 Å². The number of rotatable bonds is 3. The van der Waals surface area contributed by atoms with Crippen molar-refractivity contribution in [2.75, 3.05) is 16.6 Å². The molecule has 1 amide bonds. The van der Waals surface area contributed by atoms with E-state index in [1.807, 2.05) is 18.2 Å². The number of hydrogen-bond donors (Lipinski definition) is 2. The van der Waals surface area contributed by atoms with Crippen LogP contribution in [0.15, 0.2) is 65.6 Å². The van der Waals surface area contributed by atoms with Gasteiger partial charge in [0.25, 0.3) is 15.9 Å². The predicted molar refractivity (Wildman–Crippen MR) is 95.3 cm³/mol. The highest BCUT2D eigenvalue weighted by Gasteiger charge is 2.23. The number of ether oxygens (including phenoxy) is 1. The molecule has 0 fully saturated rings. The van der Waals surface area contributed by atoms with Crippen LogP contribution in [-0.2, 0) is 14.8 Å². The monoisotopic (exact) mass is 354 g/mol. The second kappa shape index (κ2) is 5.78. The van der Waals surface area contributed by atoms with Crippen LogP contribution in [0.5, 0.6) is 5.75 Å². The molecular formula is C18H14N2O4S. The van der Waals surface area contributed by atoms with E-state index < -0.39 is 10.0 Å². The summed E-state index contributed by atoms with van der Waals surface area (Å²) < 4.78 is 33.7. The van der Waals surface area contributed by atoms with E-state index in [1.54, 1.807) is 42.5 Å². The van der Waals surface area contributed by atoms with Crippen LogP contribution in [0.25, 0.3) is 10.8 Å². The van der Waals surface area contributed by atoms with E-state index in [1.165, 1.54) is 0 Å². The standard InChI is InChI=1S/C18H14N2O4S/c21-17-11-24-15-9-4-8-14(18(15)19-17)20-25(22,23)16-10-3-6-12-5-1-2-7-13(12)16/h1-10,20H,11H2,(H,19,21). The lowest BCUT2D eigenvalue weighted by Gasteiger charge is -2.21. The van der Waals surface area contributed by atoms with Gasteiger partial charge in [0.15, 0.2) is 6.61 Å². The summed E-state index contributed by atoms with van der Waals surface area (Å²) in [6, 6.07) is 17.3. The molecule has 25 heavy (non-hydrogen) atoms. The zero-order valence-electron chi connectivity index (χ0n) is 13.0. The number of nitrogens with one attached hydrogen (secondary N) is 2. The van der Waals surface area contributed by atoms with Gasteiger partial charge in [-0.25, -0.2) is 8.42 Å². The van der Waals surface area contributed by atoms with E-state index in [4.69, 9.17) is 4.74 Å². The molecule has 1 heterocycles. The number of amides is 1. The van der Waals surface area contributed by atoms with Crippen molar-refractivity contribution in [1.29, 1.82) is 0 Å². The van der Waals surface area contributed by atoms with Crippen molar-refractivity contribution in [2.45, 2.75) is 4.90 Å². The third-order valence-corrected chi connectivity index (χ3v) is 5.36. The van der Waals surface area contributed by atoms with Crippen LogP contribution in [0.3, 0.4) is 0 Å². The molecule has 126 valence electrons. The highest BCUT2D eigenvalue weighted by atomic mass is 32.2. The second-order valence-corrected chi connectivity index (χ2v) is 7.25. The molecule has 1 aliphatic heterocycles. The van der Waals surface area contributed by atoms with Crippen LogP contribution in [0.1, 0.15) is 0 Å². The van der Waals surface area contributed by atoms with Gasteiger partial charge in [0.05, 0.1) is 10.6 Å². The molecular weight excluding hydrogens is 340 g/mol. The molecule has 0 spiro atoms. The fourth-order valence-electron chi connectivity index (χ4n) is 2.81. The summed E-state index contributed by atoms with van der Waals surface area (Å²) in [4.78, 5) is 11.7. The summed E-state index contributed by atoms with van der Waals surface area (Å²) in [5, 5.41) is 4.11. The number of carbonyl (C=O) groups is 1. The molecule has 0 saturated carbocycles. The SMILES string of the molecule is O=C1COc2cccc(NS(=O)(=O)c3cccc4ccccc34)c2N1. The fourth-order valence-corrected chi connectivity index (χ4v) is 4.12. The van der Waals surface area contributed by atoms with E-state index in [0.717, 1.165) is 5.39 Å². The number of sulfonamides is 1. The number of fused-ring (bicyclic) bond motifs is 2. The molecule has 0 saturated heterocycles. The molecule has 2 N–H and O–H groups in total. The van der Waals surface area contributed by atoms with Gasteiger partial charge in [-0.15, -0.1) is 0 Å². The second-order valence-electron chi connectivity index (χ2n) is 5.60. The average Bonchev–Trinajstić information content (AvgIpc) is 2.61. The van der Waals surface area contributed by atoms with Crippen LogP contribution in [0.2, 0.25) is 0 Å². The number of benzene rings is 3. The maximum absolute atomic E-state index is 12.9. The lowest BCUT2D eigenvalue weighted by molar-refractivity contribution is -0.118. The third kappa shape index (κ3) is 2.78. The van der Waals surface area contributed by atoms with Crippen molar-refractivity contribution in [2.24, 2.45) is 0 Å². The predicted octanol–water partition coefficient (Wildman–Crippen LogP) is 2.97. The van der Waals surface area contributed by atoms with Gasteiger partial charge in [-0.3, -0.25) is 9.52 Å². The first kappa shape index (κ1) is 15.5. The summed E-state index contributed by atoms with van der Waals surface area (Å²) in [6.45, 7) is -0.0907. The first-order chi connectivity index (χ1) is 12.0. The molecule has 0 aromatic heterocycles. The van der Waals surface area contributed by atoms with E-state index >= 15 is 0 Å². The van der Waals surface area contributed by atoms with E-state index in [2.05, 4.69) is 10.0 Å². The van der Waals surface area contributed by atoms with Crippen molar-refractivity contribution in [3.8, 4) is 5.75 Å². The molecule has 0 bridgehead atoms. The summed E-state index contributed by atoms with van der Waals surface area (Å²) >= 11 is 0. The third-order valence-electron chi connectivity index (χ3n) is 3.93. The Balaban J connectivity index is 1.79. The summed E-state index contributed by atoms with van der Waals surface area (Å²) in [6.07, 6.45) is 0. The van der Waals surface area contributed by atoms with Crippen LogP contribution in [-0.4, -0.2) is 20.9 Å². The van der Waals surface area contributed by atoms with Crippen LogP contribution in [0.4, 0.5) is 11.4 Å². The molecule has 7 heteroatoms. The molecule has 0 atom stereocenters. The number of para-hydroxylation sites is 1. The first-order valence-electron chi connectivity index (χ1n) is 7.61. The minimum Gasteiger partial charge on any atom is -0.481 e. The Morgan fingerprint density at radius 3 is 2.60 bits per heavy atom. The van der Waals surface area contributed by atoms with Crippen LogP contribution >= 0.6 is 0 Å². The van der Waals surface area contributed by atoms with E-state index in [0.29, 0.717) is 16.8 Å². The zero-order chi connectivity index (χ0) is 17.4. The largest absolute Gasteiger partial charge is 0.481 e. The van der Waals surface area contributed by atoms with Gasteiger partial charge >= 0.3 is 0 Å². The van der Waals surface area contributed by atoms with Crippen LogP contribution < -0.4 is 14.8 Å². The lowest BCUT2D eigenvalue weighted by Crippen LogP contribution is -2.26. The van der Waals surface area contributed by atoms with Gasteiger partial charge in [0, 0.05) is 5.39 Å². The van der Waals surface area contributed by atoms with Gasteiger partial charge in [-0.1, -0.05) is 42.5 Å². The number of carbonyl (C=O) groups excluding carboxylic acids is 1. The molecule has 0 radical (unpaired) electrons. The maximum Gasteiger partial charge on any atom is 0.262 e. The number of anilines is 2. The van der Waals surface area contributed by atoms with Gasteiger partial charge in [0.1, 0.15) is 11.4 Å². The van der Waals surface area contributed by atoms with Crippen LogP contribution in [0, 0.1) is 0 Å². The summed E-state index contributed by atoms with van der Waals surface area (Å²) in [5.41, 5.74) is 0.584. The molecule has 4 rings (SSSR count). The summed E-state index contributed by atoms with van der Waals surface area (Å²) in [5.74, 6) is 0.0991. The fraction of sp³-hybridized carbons (Fsp3) is 0.0556. The Kier molecular flexibility index (Phi) is 3.58. The summed E-state index contributed by atoms with van der Waals surface area (Å²) in [7, 11) is -3.85. The molecule has 3 aromatic carbocycles. The molecule has 3 aromatic rings. The topological polar surface area (TPSA) is 84.5 Å². The Hall–Kier alpha value is -3.06. The Labute approximate surface area is 144 Å². The highest BCUT2D eigenvalue weighted by Crippen LogP contribution is 2.36. The van der Waals surface area contributed by atoms with Gasteiger partial charge in [0.2, 0.25) is 0 Å². The first-order valence-corrected chi connectivity index (χ1v) is 9.09. The van der Waals surface area contributed by atoms with E-state index in [9.17, 15) is 13.2 Å². The smallest absolute Gasteiger partial charge is 0.262 e.